The number of nitrogens with one attached hydrogen (secondary N) is 1. The molecule has 2 rings (SSSR count). The van der Waals surface area contributed by atoms with E-state index in [-0.39, 0.29) is 0 Å². The van der Waals surface area contributed by atoms with Crippen LogP contribution in [0.15, 0.2) is 24.3 Å². The molecule has 110 valence electrons. The summed E-state index contributed by atoms with van der Waals surface area (Å²) in [5.74, 6) is 0.689. The minimum absolute atomic E-state index is 0.666. The zero-order chi connectivity index (χ0) is 15.1. The van der Waals surface area contributed by atoms with E-state index in [1.54, 1.807) is 11.3 Å². The van der Waals surface area contributed by atoms with Crippen molar-refractivity contribution in [1.82, 2.24) is 15.5 Å². The molecule has 0 aliphatic carbocycles. The first-order chi connectivity index (χ1) is 10.2. The monoisotopic (exact) mass is 300 g/mol. The fourth-order valence-corrected chi connectivity index (χ4v) is 2.80. The summed E-state index contributed by atoms with van der Waals surface area (Å²) in [6.45, 7) is 6.50. The molecular formula is C16H20N4S. The van der Waals surface area contributed by atoms with E-state index in [0.717, 1.165) is 41.5 Å². The smallest absolute Gasteiger partial charge is 0.147 e. The fraction of sp³-hybridized carbons (Fsp3) is 0.438. The van der Waals surface area contributed by atoms with Crippen LogP contribution in [0.25, 0.3) is 10.6 Å². The molecule has 4 nitrogen and oxygen atoms in total. The Kier molecular flexibility index (Phi) is 5.85. The van der Waals surface area contributed by atoms with Crippen molar-refractivity contribution in [1.29, 1.82) is 5.26 Å². The molecule has 0 atom stereocenters. The summed E-state index contributed by atoms with van der Waals surface area (Å²) in [5, 5.41) is 22.7. The average Bonchev–Trinajstić information content (AvgIpc) is 2.95. The molecule has 0 amide bonds. The van der Waals surface area contributed by atoms with E-state index in [1.165, 1.54) is 0 Å². The van der Waals surface area contributed by atoms with Crippen LogP contribution in [0, 0.1) is 17.2 Å². The Balaban J connectivity index is 1.85. The van der Waals surface area contributed by atoms with Gasteiger partial charge >= 0.3 is 0 Å². The Bertz CT molecular complexity index is 595. The molecule has 0 saturated carbocycles. The molecular weight excluding hydrogens is 280 g/mol. The van der Waals surface area contributed by atoms with E-state index in [0.29, 0.717) is 11.5 Å². The maximum atomic E-state index is 8.80. The number of aryl methyl sites for hydroxylation is 1. The lowest BCUT2D eigenvalue weighted by Crippen LogP contribution is -2.21. The third-order valence-corrected chi connectivity index (χ3v) is 4.06. The summed E-state index contributed by atoms with van der Waals surface area (Å²) >= 11 is 1.63. The van der Waals surface area contributed by atoms with E-state index in [9.17, 15) is 0 Å². The highest BCUT2D eigenvalue weighted by molar-refractivity contribution is 7.14. The third-order valence-electron chi connectivity index (χ3n) is 3.02. The van der Waals surface area contributed by atoms with Gasteiger partial charge in [0.2, 0.25) is 0 Å². The summed E-state index contributed by atoms with van der Waals surface area (Å²) in [6.07, 6.45) is 2.04. The highest BCUT2D eigenvalue weighted by Gasteiger charge is 2.06. The number of benzene rings is 1. The van der Waals surface area contributed by atoms with Crippen molar-refractivity contribution in [3.8, 4) is 16.6 Å². The number of hydrogen-bond donors (Lipinski definition) is 1. The topological polar surface area (TPSA) is 61.6 Å². The lowest BCUT2D eigenvalue weighted by Gasteiger charge is -2.05. The number of aromatic nitrogens is 2. The molecule has 0 unspecified atom stereocenters. The predicted octanol–water partition coefficient (Wildman–Crippen LogP) is 3.25. The summed E-state index contributed by atoms with van der Waals surface area (Å²) in [4.78, 5) is 0. The second kappa shape index (κ2) is 7.87. The lowest BCUT2D eigenvalue weighted by atomic mass is 10.2. The minimum atomic E-state index is 0.666. The van der Waals surface area contributed by atoms with Gasteiger partial charge in [0.15, 0.2) is 0 Å². The van der Waals surface area contributed by atoms with E-state index < -0.39 is 0 Å². The van der Waals surface area contributed by atoms with Gasteiger partial charge in [-0.1, -0.05) is 37.3 Å². The van der Waals surface area contributed by atoms with Gasteiger partial charge in [0, 0.05) is 12.0 Å². The van der Waals surface area contributed by atoms with Gasteiger partial charge in [-0.15, -0.1) is 10.2 Å². The first-order valence-corrected chi connectivity index (χ1v) is 8.04. The van der Waals surface area contributed by atoms with Crippen molar-refractivity contribution in [2.75, 3.05) is 13.1 Å². The summed E-state index contributed by atoms with van der Waals surface area (Å²) in [6, 6.07) is 9.59. The standard InChI is InChI=1S/C16H20N4S/c1-12(2)11-18-9-3-4-15-19-20-16(21-15)14-7-5-13(10-17)6-8-14/h5-8,12,18H,3-4,9,11H2,1-2H3. The SMILES string of the molecule is CC(C)CNCCCc1nnc(-c2ccc(C#N)cc2)s1. The Morgan fingerprint density at radius 1 is 1.24 bits per heavy atom. The normalized spacial score (nSPS) is 10.8. The van der Waals surface area contributed by atoms with Gasteiger partial charge in [-0.2, -0.15) is 5.26 Å². The fourth-order valence-electron chi connectivity index (χ4n) is 1.91. The number of hydrogen-bond acceptors (Lipinski definition) is 5. The summed E-state index contributed by atoms with van der Waals surface area (Å²) in [5.41, 5.74) is 1.69. The molecule has 0 aliphatic rings. The van der Waals surface area contributed by atoms with Crippen LogP contribution in [0.4, 0.5) is 0 Å². The average molecular weight is 300 g/mol. The Morgan fingerprint density at radius 2 is 2.00 bits per heavy atom. The van der Waals surface area contributed by atoms with Crippen LogP contribution in [-0.4, -0.2) is 23.3 Å². The van der Waals surface area contributed by atoms with Gasteiger partial charge in [0.05, 0.1) is 11.6 Å². The number of nitrogens with zero attached hydrogens (tertiary/aromatic N) is 3. The number of rotatable bonds is 7. The highest BCUT2D eigenvalue weighted by atomic mass is 32.1. The van der Waals surface area contributed by atoms with Gasteiger partial charge in [-0.25, -0.2) is 0 Å². The van der Waals surface area contributed by atoms with Crippen molar-refractivity contribution in [3.63, 3.8) is 0 Å². The summed E-state index contributed by atoms with van der Waals surface area (Å²) < 4.78 is 0. The van der Waals surface area contributed by atoms with Crippen LogP contribution in [-0.2, 0) is 6.42 Å². The molecule has 5 heteroatoms. The van der Waals surface area contributed by atoms with Crippen LogP contribution >= 0.6 is 11.3 Å². The number of nitriles is 1. The molecule has 21 heavy (non-hydrogen) atoms. The predicted molar refractivity (Wildman–Crippen MR) is 86.1 cm³/mol. The Hall–Kier alpha value is -1.77. The first-order valence-electron chi connectivity index (χ1n) is 7.22. The van der Waals surface area contributed by atoms with E-state index in [2.05, 4.69) is 35.4 Å². The van der Waals surface area contributed by atoms with Crippen LogP contribution < -0.4 is 5.32 Å². The van der Waals surface area contributed by atoms with Crippen LogP contribution in [0.5, 0.6) is 0 Å². The van der Waals surface area contributed by atoms with Gasteiger partial charge in [0.25, 0.3) is 0 Å². The Labute approximate surface area is 129 Å². The summed E-state index contributed by atoms with van der Waals surface area (Å²) in [7, 11) is 0. The van der Waals surface area contributed by atoms with Gasteiger partial charge < -0.3 is 5.32 Å². The zero-order valence-corrected chi connectivity index (χ0v) is 13.3. The van der Waals surface area contributed by atoms with E-state index in [4.69, 9.17) is 5.26 Å². The van der Waals surface area contributed by atoms with Gasteiger partial charge in [0.1, 0.15) is 10.0 Å². The van der Waals surface area contributed by atoms with Crippen molar-refractivity contribution < 1.29 is 0 Å². The molecule has 1 aromatic heterocycles. The van der Waals surface area contributed by atoms with E-state index in [1.807, 2.05) is 24.3 Å². The largest absolute Gasteiger partial charge is 0.316 e. The molecule has 2 aromatic rings. The third kappa shape index (κ3) is 4.92. The molecule has 0 fully saturated rings. The highest BCUT2D eigenvalue weighted by Crippen LogP contribution is 2.24. The minimum Gasteiger partial charge on any atom is -0.316 e. The maximum Gasteiger partial charge on any atom is 0.147 e. The van der Waals surface area contributed by atoms with Crippen LogP contribution in [0.1, 0.15) is 30.8 Å². The van der Waals surface area contributed by atoms with Gasteiger partial charge in [-0.3, -0.25) is 0 Å². The van der Waals surface area contributed by atoms with Crippen LogP contribution in [0.3, 0.4) is 0 Å². The second-order valence-electron chi connectivity index (χ2n) is 5.39. The van der Waals surface area contributed by atoms with Crippen molar-refractivity contribution in [2.24, 2.45) is 5.92 Å². The quantitative estimate of drug-likeness (QED) is 0.797. The maximum absolute atomic E-state index is 8.80. The molecule has 1 aromatic carbocycles. The molecule has 1 heterocycles. The van der Waals surface area contributed by atoms with E-state index >= 15 is 0 Å². The lowest BCUT2D eigenvalue weighted by molar-refractivity contribution is 0.542. The first kappa shape index (κ1) is 15.6. The van der Waals surface area contributed by atoms with Crippen molar-refractivity contribution in [3.05, 3.63) is 34.8 Å². The molecule has 0 aliphatic heterocycles. The van der Waals surface area contributed by atoms with Crippen LogP contribution in [0.2, 0.25) is 0 Å². The molecule has 0 saturated heterocycles. The second-order valence-corrected chi connectivity index (χ2v) is 6.45. The molecule has 0 bridgehead atoms. The van der Waals surface area contributed by atoms with Crippen molar-refractivity contribution >= 4 is 11.3 Å². The van der Waals surface area contributed by atoms with Crippen molar-refractivity contribution in [2.45, 2.75) is 26.7 Å². The molecule has 0 radical (unpaired) electrons. The Morgan fingerprint density at radius 3 is 2.67 bits per heavy atom. The zero-order valence-electron chi connectivity index (χ0n) is 12.5. The molecule has 1 N–H and O–H groups in total. The molecule has 0 spiro atoms. The van der Waals surface area contributed by atoms with Gasteiger partial charge in [-0.05, 0) is 37.6 Å².